The van der Waals surface area contributed by atoms with Gasteiger partial charge in [-0.2, -0.15) is 0 Å². The average molecular weight is 57.8 g/mol. The summed E-state index contributed by atoms with van der Waals surface area (Å²) in [6, 6.07) is 0. The molecule has 0 aromatic carbocycles. The fourth-order valence-electron chi connectivity index (χ4n) is 0. The van der Waals surface area contributed by atoms with E-state index in [4.69, 9.17) is 0 Å². The Labute approximate surface area is 98.3 Å². The van der Waals surface area contributed by atoms with E-state index in [0.29, 0.717) is 0 Å². The van der Waals surface area contributed by atoms with Crippen LogP contribution in [0.2, 0.25) is 0 Å². The van der Waals surface area contributed by atoms with Gasteiger partial charge in [0.2, 0.25) is 0 Å². The molecule has 0 spiro atoms. The topological polar surface area (TPSA) is 31.5 Å². The van der Waals surface area contributed by atoms with Crippen LogP contribution in [-0.2, 0) is 0 Å². The summed E-state index contributed by atoms with van der Waals surface area (Å²) in [7, 11) is 0. The third kappa shape index (κ3) is 28.3. The van der Waals surface area contributed by atoms with Crippen LogP contribution in [0, 0.1) is 0 Å². The van der Waals surface area contributed by atoms with E-state index in [0.717, 1.165) is 0 Å². The van der Waals surface area contributed by atoms with Crippen molar-refractivity contribution in [1.29, 1.82) is 0 Å². The molecule has 6 heavy (non-hydrogen) atoms. The number of rotatable bonds is 0. The maximum absolute atomic E-state index is 0. The van der Waals surface area contributed by atoms with Crippen LogP contribution in [0.5, 0.6) is 0 Å². The fraction of sp³-hybridized carbons (Fsp3) is 0. The molecule has 0 aromatic heterocycles. The first kappa shape index (κ1) is 65.1. The first-order valence-electron chi connectivity index (χ1n) is 0. The van der Waals surface area contributed by atoms with Crippen molar-refractivity contribution in [2.45, 2.75) is 0 Å². The number of hydrogen-bond donors (Lipinski definition) is 0. The predicted molar refractivity (Wildman–Crippen MR) is 39.4 cm³/mol. The van der Waals surface area contributed by atoms with Crippen molar-refractivity contribution in [2.75, 3.05) is 0 Å². The second kappa shape index (κ2) is 44.2. The van der Waals surface area contributed by atoms with Crippen LogP contribution in [0.15, 0.2) is 0 Å². The van der Waals surface area contributed by atoms with Gasteiger partial charge >= 0.3 is 94.3 Å². The Morgan fingerprint density at radius 2 is 0.333 bits per heavy atom. The summed E-state index contributed by atoms with van der Waals surface area (Å²) < 4.78 is 0. The van der Waals surface area contributed by atoms with Gasteiger partial charge in [0.15, 0.2) is 0 Å². The van der Waals surface area contributed by atoms with Gasteiger partial charge in [0, 0.05) is 0 Å². The second-order valence-corrected chi connectivity index (χ2v) is 0. The molecule has 0 amide bonds. The van der Waals surface area contributed by atoms with E-state index < -0.39 is 0 Å². The van der Waals surface area contributed by atoms with Gasteiger partial charge in [0.1, 0.15) is 0 Å². The standard InChI is InChI=1S/5Li.H2O.5H/h;;;;;1H2;;;;;. The van der Waals surface area contributed by atoms with Gasteiger partial charge in [0.25, 0.3) is 0 Å². The molecular weight excluding hydrogens is 50.7 g/mol. The van der Waals surface area contributed by atoms with Crippen LogP contribution < -0.4 is 0 Å². The first-order chi connectivity index (χ1) is 0. The number of hydrogen-bond acceptors (Lipinski definition) is 0. The SMILES string of the molecule is O.[LiH].[LiH].[LiH].[LiH].[LiH]. The van der Waals surface area contributed by atoms with E-state index in [9.17, 15) is 0 Å². The normalized spacial score (nSPS) is 0. The summed E-state index contributed by atoms with van der Waals surface area (Å²) in [5.41, 5.74) is 0. The molecule has 0 aromatic rings. The molecule has 0 fully saturated rings. The van der Waals surface area contributed by atoms with Crippen molar-refractivity contribution in [3.05, 3.63) is 0 Å². The molecule has 0 unspecified atom stereocenters. The van der Waals surface area contributed by atoms with Gasteiger partial charge in [-0.1, -0.05) is 0 Å². The summed E-state index contributed by atoms with van der Waals surface area (Å²) in [4.78, 5) is 0. The molecule has 0 saturated heterocycles. The molecule has 0 rings (SSSR count). The van der Waals surface area contributed by atoms with Crippen LogP contribution in [0.1, 0.15) is 0 Å². The summed E-state index contributed by atoms with van der Waals surface area (Å²) >= 11 is 0. The molecule has 0 saturated carbocycles. The monoisotopic (exact) mass is 58.1 g/mol. The van der Waals surface area contributed by atoms with E-state index in [1.54, 1.807) is 0 Å². The molecular formula is H7Li5O. The third-order valence-corrected chi connectivity index (χ3v) is 0. The van der Waals surface area contributed by atoms with Crippen molar-refractivity contribution >= 4 is 94.3 Å². The van der Waals surface area contributed by atoms with Gasteiger partial charge in [-0.25, -0.2) is 0 Å². The van der Waals surface area contributed by atoms with Gasteiger partial charge in [-0.05, 0) is 0 Å². The van der Waals surface area contributed by atoms with Crippen molar-refractivity contribution < 1.29 is 5.48 Å². The molecule has 6 heteroatoms. The minimum atomic E-state index is 0. The van der Waals surface area contributed by atoms with E-state index in [-0.39, 0.29) is 99.8 Å². The summed E-state index contributed by atoms with van der Waals surface area (Å²) in [5.74, 6) is 0. The summed E-state index contributed by atoms with van der Waals surface area (Å²) in [6.07, 6.45) is 0. The van der Waals surface area contributed by atoms with Crippen LogP contribution in [0.4, 0.5) is 0 Å². The van der Waals surface area contributed by atoms with Crippen LogP contribution in [0.3, 0.4) is 0 Å². The molecule has 0 atom stereocenters. The van der Waals surface area contributed by atoms with Crippen molar-refractivity contribution in [3.63, 3.8) is 0 Å². The Kier molecular flexibility index (Phi) is 479. The first-order valence-corrected chi connectivity index (χ1v) is 0. The Morgan fingerprint density at radius 1 is 0.333 bits per heavy atom. The van der Waals surface area contributed by atoms with Crippen molar-refractivity contribution in [2.24, 2.45) is 0 Å². The van der Waals surface area contributed by atoms with E-state index in [2.05, 4.69) is 0 Å². The Bertz CT molecular complexity index is 3.90. The fourth-order valence-corrected chi connectivity index (χ4v) is 0. The van der Waals surface area contributed by atoms with E-state index in [1.165, 1.54) is 0 Å². The van der Waals surface area contributed by atoms with Crippen molar-refractivity contribution in [3.8, 4) is 0 Å². The predicted octanol–water partition coefficient (Wildman–Crippen LogP) is -4.07. The van der Waals surface area contributed by atoms with Crippen molar-refractivity contribution in [1.82, 2.24) is 0 Å². The molecule has 18 valence electrons. The quantitative estimate of drug-likeness (QED) is 0.254. The molecule has 0 aliphatic carbocycles. The molecule has 1 nitrogen and oxygen atoms in total. The van der Waals surface area contributed by atoms with Crippen LogP contribution >= 0.6 is 0 Å². The van der Waals surface area contributed by atoms with Gasteiger partial charge in [-0.15, -0.1) is 0 Å². The second-order valence-electron chi connectivity index (χ2n) is 0. The molecule has 0 bridgehead atoms. The van der Waals surface area contributed by atoms with Crippen LogP contribution in [-0.4, -0.2) is 99.8 Å². The average Bonchev–Trinajstić information content (AvgIpc) is 0. The Balaban J connectivity index is 0. The van der Waals surface area contributed by atoms with Crippen LogP contribution in [0.25, 0.3) is 0 Å². The van der Waals surface area contributed by atoms with E-state index >= 15 is 0 Å². The molecule has 0 aliphatic rings. The molecule has 0 radical (unpaired) electrons. The summed E-state index contributed by atoms with van der Waals surface area (Å²) in [6.45, 7) is 0. The molecule has 2 N–H and O–H groups in total. The Hall–Kier alpha value is 2.95. The van der Waals surface area contributed by atoms with Gasteiger partial charge in [-0.3, -0.25) is 0 Å². The zero-order valence-electron chi connectivity index (χ0n) is 0.500. The molecule has 0 aliphatic heterocycles. The van der Waals surface area contributed by atoms with Gasteiger partial charge < -0.3 is 5.48 Å². The van der Waals surface area contributed by atoms with E-state index in [1.807, 2.05) is 0 Å². The minimum absolute atomic E-state index is 0. The zero-order chi connectivity index (χ0) is 0. The summed E-state index contributed by atoms with van der Waals surface area (Å²) in [5, 5.41) is 0. The van der Waals surface area contributed by atoms with Gasteiger partial charge in [0.05, 0.1) is 0 Å². The third-order valence-electron chi connectivity index (χ3n) is 0. The maximum atomic E-state index is 0. The zero-order valence-corrected chi connectivity index (χ0v) is 0.500. The molecule has 0 heterocycles. The Morgan fingerprint density at radius 3 is 0.333 bits per heavy atom.